The van der Waals surface area contributed by atoms with Gasteiger partial charge in [0.05, 0.1) is 5.03 Å². The second-order valence-electron chi connectivity index (χ2n) is 5.08. The minimum absolute atomic E-state index is 0.178. The van der Waals surface area contributed by atoms with E-state index in [0.717, 1.165) is 29.5 Å². The molecule has 2 heterocycles. The van der Waals surface area contributed by atoms with Gasteiger partial charge in [-0.1, -0.05) is 32.0 Å². The Balaban J connectivity index is 2.48. The van der Waals surface area contributed by atoms with Crippen molar-refractivity contribution in [3.63, 3.8) is 0 Å². The van der Waals surface area contributed by atoms with Gasteiger partial charge in [0.2, 0.25) is 0 Å². The van der Waals surface area contributed by atoms with E-state index in [-0.39, 0.29) is 5.56 Å². The Morgan fingerprint density at radius 2 is 1.94 bits per heavy atom. The maximum absolute atomic E-state index is 12.5. The minimum atomic E-state index is 0.178. The molecule has 0 saturated heterocycles. The van der Waals surface area contributed by atoms with Crippen molar-refractivity contribution in [1.29, 1.82) is 0 Å². The molecule has 1 aliphatic heterocycles. The zero-order valence-electron chi connectivity index (χ0n) is 10.8. The van der Waals surface area contributed by atoms with Crippen LogP contribution in [0.4, 0.5) is 0 Å². The molecule has 94 valence electrons. The van der Waals surface area contributed by atoms with Crippen molar-refractivity contribution < 1.29 is 0 Å². The van der Waals surface area contributed by atoms with Crippen LogP contribution in [0.2, 0.25) is 0 Å². The normalized spacial score (nSPS) is 15.1. The molecule has 0 atom stereocenters. The van der Waals surface area contributed by atoms with Crippen LogP contribution in [0.3, 0.4) is 0 Å². The molecule has 1 aliphatic rings. The number of hydrogen-bond acceptors (Lipinski definition) is 2. The molecule has 3 heteroatoms. The molecule has 1 aromatic heterocycles. The summed E-state index contributed by atoms with van der Waals surface area (Å²) in [5.74, 6) is 1.57. The van der Waals surface area contributed by atoms with E-state index in [9.17, 15) is 4.79 Å². The molecule has 0 fully saturated rings. The lowest BCUT2D eigenvalue weighted by atomic mass is 9.98. The first-order chi connectivity index (χ1) is 8.70. The first-order valence-electron chi connectivity index (χ1n) is 6.48. The molecule has 1 aromatic carbocycles. The van der Waals surface area contributed by atoms with Crippen LogP contribution in [-0.4, -0.2) is 10.3 Å². The summed E-state index contributed by atoms with van der Waals surface area (Å²) in [7, 11) is 0. The van der Waals surface area contributed by atoms with Crippen LogP contribution in [0.15, 0.2) is 34.1 Å². The van der Waals surface area contributed by atoms with Crippen LogP contribution < -0.4 is 5.56 Å². The number of fused-ring (bicyclic) bond motifs is 2. The SMILES string of the molecule is CC(C)c1c2n(c(=O)c3ccccc13)CCCS2. The van der Waals surface area contributed by atoms with Crippen molar-refractivity contribution in [3.8, 4) is 0 Å². The van der Waals surface area contributed by atoms with E-state index in [1.165, 1.54) is 10.6 Å². The highest BCUT2D eigenvalue weighted by atomic mass is 32.2. The van der Waals surface area contributed by atoms with Crippen LogP contribution >= 0.6 is 11.8 Å². The van der Waals surface area contributed by atoms with E-state index < -0.39 is 0 Å². The third-order valence-electron chi connectivity index (χ3n) is 3.51. The van der Waals surface area contributed by atoms with Gasteiger partial charge in [0.25, 0.3) is 5.56 Å². The first kappa shape index (κ1) is 11.8. The van der Waals surface area contributed by atoms with Gasteiger partial charge in [0.1, 0.15) is 0 Å². The van der Waals surface area contributed by atoms with Gasteiger partial charge in [-0.2, -0.15) is 0 Å². The monoisotopic (exact) mass is 259 g/mol. The largest absolute Gasteiger partial charge is 0.302 e. The van der Waals surface area contributed by atoms with Gasteiger partial charge in [-0.25, -0.2) is 0 Å². The van der Waals surface area contributed by atoms with Gasteiger partial charge in [-0.15, -0.1) is 11.8 Å². The predicted octanol–water partition coefficient (Wildman–Crippen LogP) is 3.62. The second kappa shape index (κ2) is 4.47. The predicted molar refractivity (Wildman–Crippen MR) is 77.6 cm³/mol. The highest BCUT2D eigenvalue weighted by molar-refractivity contribution is 7.99. The quantitative estimate of drug-likeness (QED) is 0.780. The first-order valence-corrected chi connectivity index (χ1v) is 7.47. The fraction of sp³-hybridized carbons (Fsp3) is 0.400. The van der Waals surface area contributed by atoms with Gasteiger partial charge in [-0.05, 0) is 29.4 Å². The van der Waals surface area contributed by atoms with E-state index in [0.29, 0.717) is 5.92 Å². The average molecular weight is 259 g/mol. The number of nitrogens with zero attached hydrogens (tertiary/aromatic N) is 1. The fourth-order valence-electron chi connectivity index (χ4n) is 2.71. The summed E-state index contributed by atoms with van der Waals surface area (Å²) >= 11 is 1.84. The zero-order chi connectivity index (χ0) is 12.7. The Labute approximate surface area is 111 Å². The van der Waals surface area contributed by atoms with Crippen molar-refractivity contribution in [2.24, 2.45) is 0 Å². The van der Waals surface area contributed by atoms with Crippen LogP contribution in [0.1, 0.15) is 31.7 Å². The van der Waals surface area contributed by atoms with Gasteiger partial charge >= 0.3 is 0 Å². The number of hydrogen-bond donors (Lipinski definition) is 0. The molecular formula is C15H17NOS. The van der Waals surface area contributed by atoms with Crippen molar-refractivity contribution in [3.05, 3.63) is 40.2 Å². The highest BCUT2D eigenvalue weighted by Gasteiger charge is 2.20. The van der Waals surface area contributed by atoms with Crippen molar-refractivity contribution in [1.82, 2.24) is 4.57 Å². The molecule has 0 N–H and O–H groups in total. The van der Waals surface area contributed by atoms with Gasteiger partial charge in [-0.3, -0.25) is 4.79 Å². The lowest BCUT2D eigenvalue weighted by Gasteiger charge is -2.24. The van der Waals surface area contributed by atoms with Crippen LogP contribution in [0, 0.1) is 0 Å². The van der Waals surface area contributed by atoms with Crippen molar-refractivity contribution in [2.75, 3.05) is 5.75 Å². The zero-order valence-corrected chi connectivity index (χ0v) is 11.6. The van der Waals surface area contributed by atoms with Gasteiger partial charge in [0, 0.05) is 17.7 Å². The smallest absolute Gasteiger partial charge is 0.259 e. The Bertz CT molecular complexity index is 657. The Kier molecular flexibility index (Phi) is 2.94. The molecule has 3 rings (SSSR count). The Morgan fingerprint density at radius 1 is 1.22 bits per heavy atom. The Hall–Kier alpha value is -1.22. The van der Waals surface area contributed by atoms with Crippen LogP contribution in [0.25, 0.3) is 10.8 Å². The second-order valence-corrected chi connectivity index (χ2v) is 6.16. The third-order valence-corrected chi connectivity index (χ3v) is 4.72. The molecule has 2 aromatic rings. The summed E-state index contributed by atoms with van der Waals surface area (Å²) in [5.41, 5.74) is 1.52. The number of aromatic nitrogens is 1. The van der Waals surface area contributed by atoms with E-state index in [4.69, 9.17) is 0 Å². The van der Waals surface area contributed by atoms with Gasteiger partial charge in [0.15, 0.2) is 0 Å². The van der Waals surface area contributed by atoms with Gasteiger partial charge < -0.3 is 4.57 Å². The molecular weight excluding hydrogens is 242 g/mol. The summed E-state index contributed by atoms with van der Waals surface area (Å²) < 4.78 is 1.98. The maximum atomic E-state index is 12.5. The lowest BCUT2D eigenvalue weighted by molar-refractivity contribution is 0.581. The maximum Gasteiger partial charge on any atom is 0.259 e. The Morgan fingerprint density at radius 3 is 2.67 bits per heavy atom. The average Bonchev–Trinajstić information content (AvgIpc) is 2.39. The molecule has 0 aliphatic carbocycles. The lowest BCUT2D eigenvalue weighted by Crippen LogP contribution is -2.26. The van der Waals surface area contributed by atoms with Crippen molar-refractivity contribution in [2.45, 2.75) is 37.8 Å². The fourth-order valence-corrected chi connectivity index (χ4v) is 4.01. The minimum Gasteiger partial charge on any atom is -0.302 e. The summed E-state index contributed by atoms with van der Waals surface area (Å²) in [4.78, 5) is 12.5. The van der Waals surface area contributed by atoms with E-state index in [1.807, 2.05) is 34.5 Å². The molecule has 0 unspecified atom stereocenters. The highest BCUT2D eigenvalue weighted by Crippen LogP contribution is 2.35. The van der Waals surface area contributed by atoms with E-state index in [1.54, 1.807) is 0 Å². The van der Waals surface area contributed by atoms with Crippen LogP contribution in [0.5, 0.6) is 0 Å². The number of rotatable bonds is 1. The molecule has 18 heavy (non-hydrogen) atoms. The number of benzene rings is 1. The summed E-state index contributed by atoms with van der Waals surface area (Å²) in [6.45, 7) is 5.29. The molecule has 0 saturated carbocycles. The number of thioether (sulfide) groups is 1. The molecule has 0 radical (unpaired) electrons. The van der Waals surface area contributed by atoms with E-state index in [2.05, 4.69) is 19.9 Å². The number of pyridine rings is 1. The molecule has 0 spiro atoms. The molecule has 0 bridgehead atoms. The van der Waals surface area contributed by atoms with E-state index >= 15 is 0 Å². The standard InChI is InChI=1S/C15H17NOS/c1-10(2)13-11-6-3-4-7-12(11)14(17)16-8-5-9-18-15(13)16/h3-4,6-7,10H,5,8-9H2,1-2H3. The molecule has 0 amide bonds. The summed E-state index contributed by atoms with van der Waals surface area (Å²) in [5, 5.41) is 3.20. The van der Waals surface area contributed by atoms with Crippen molar-refractivity contribution >= 4 is 22.5 Å². The molecule has 2 nitrogen and oxygen atoms in total. The topological polar surface area (TPSA) is 22.0 Å². The third kappa shape index (κ3) is 1.69. The van der Waals surface area contributed by atoms with Crippen LogP contribution in [-0.2, 0) is 6.54 Å². The summed E-state index contributed by atoms with van der Waals surface area (Å²) in [6.07, 6.45) is 1.09. The summed E-state index contributed by atoms with van der Waals surface area (Å²) in [6, 6.07) is 8.02.